The van der Waals surface area contributed by atoms with Crippen molar-refractivity contribution >= 4 is 35.0 Å². The molecule has 1 amide bonds. The van der Waals surface area contributed by atoms with E-state index in [1.165, 1.54) is 23.5 Å². The Morgan fingerprint density at radius 2 is 2.23 bits per heavy atom. The number of furan rings is 1. The number of aryl methyl sites for hydroxylation is 1. The normalized spacial score (nSPS) is 10.7. The quantitative estimate of drug-likeness (QED) is 0.489. The smallest absolute Gasteiger partial charge is 0.234 e. The van der Waals surface area contributed by atoms with Crippen LogP contribution in [0.15, 0.2) is 40.1 Å². The standard InChI is InChI=1S/C16H16ClN5O3S/c1-9-11(5-6-25-9)15-20-21-16(22(15)18)26-8-14(23)19-10-3-4-13(24-2)12(17)7-10/h3-7H,8,18H2,1-2H3,(H,19,23). The van der Waals surface area contributed by atoms with Gasteiger partial charge in [0.25, 0.3) is 0 Å². The highest BCUT2D eigenvalue weighted by molar-refractivity contribution is 7.99. The number of carbonyl (C=O) groups excluding carboxylic acids is 1. The zero-order valence-electron chi connectivity index (χ0n) is 14.0. The van der Waals surface area contributed by atoms with Gasteiger partial charge >= 0.3 is 0 Å². The Labute approximate surface area is 158 Å². The Balaban J connectivity index is 1.62. The summed E-state index contributed by atoms with van der Waals surface area (Å²) in [5.74, 6) is 7.61. The lowest BCUT2D eigenvalue weighted by Gasteiger charge is -2.08. The Morgan fingerprint density at radius 3 is 2.88 bits per heavy atom. The molecule has 3 aromatic rings. The van der Waals surface area contributed by atoms with Gasteiger partial charge in [-0.1, -0.05) is 23.4 Å². The summed E-state index contributed by atoms with van der Waals surface area (Å²) in [6.45, 7) is 1.81. The fourth-order valence-electron chi connectivity index (χ4n) is 2.25. The number of amides is 1. The number of thioether (sulfide) groups is 1. The van der Waals surface area contributed by atoms with E-state index in [1.807, 2.05) is 6.92 Å². The third-order valence-electron chi connectivity index (χ3n) is 3.53. The SMILES string of the molecule is COc1ccc(NC(=O)CSc2nnc(-c3ccoc3C)n2N)cc1Cl. The molecule has 3 N–H and O–H groups in total. The first-order chi connectivity index (χ1) is 12.5. The van der Waals surface area contributed by atoms with E-state index < -0.39 is 0 Å². The number of benzene rings is 1. The van der Waals surface area contributed by atoms with Gasteiger partial charge in [0.15, 0.2) is 5.82 Å². The minimum atomic E-state index is -0.222. The summed E-state index contributed by atoms with van der Waals surface area (Å²) in [6.07, 6.45) is 1.56. The van der Waals surface area contributed by atoms with Gasteiger partial charge in [0.1, 0.15) is 11.5 Å². The number of halogens is 1. The third-order valence-corrected chi connectivity index (χ3v) is 4.77. The van der Waals surface area contributed by atoms with E-state index in [2.05, 4.69) is 15.5 Å². The van der Waals surface area contributed by atoms with Crippen LogP contribution in [0.3, 0.4) is 0 Å². The van der Waals surface area contributed by atoms with Crippen LogP contribution >= 0.6 is 23.4 Å². The van der Waals surface area contributed by atoms with Gasteiger partial charge in [0.2, 0.25) is 11.1 Å². The molecule has 0 unspecified atom stereocenters. The molecule has 0 atom stereocenters. The van der Waals surface area contributed by atoms with Crippen LogP contribution in [-0.4, -0.2) is 33.6 Å². The van der Waals surface area contributed by atoms with E-state index in [9.17, 15) is 4.79 Å². The Morgan fingerprint density at radius 1 is 1.42 bits per heavy atom. The van der Waals surface area contributed by atoms with Crippen molar-refractivity contribution in [1.82, 2.24) is 14.9 Å². The average molecular weight is 394 g/mol. The fraction of sp³-hybridized carbons (Fsp3) is 0.188. The number of nitrogen functional groups attached to an aromatic ring is 1. The number of nitrogens with two attached hydrogens (primary N) is 1. The van der Waals surface area contributed by atoms with E-state index in [-0.39, 0.29) is 11.7 Å². The minimum Gasteiger partial charge on any atom is -0.495 e. The Kier molecular flexibility index (Phi) is 5.38. The molecule has 3 rings (SSSR count). The van der Waals surface area contributed by atoms with E-state index >= 15 is 0 Å². The molecule has 0 aliphatic carbocycles. The van der Waals surface area contributed by atoms with Gasteiger partial charge < -0.3 is 20.3 Å². The van der Waals surface area contributed by atoms with E-state index in [0.717, 1.165) is 5.56 Å². The summed E-state index contributed by atoms with van der Waals surface area (Å²) in [6, 6.07) is 6.77. The zero-order valence-corrected chi connectivity index (χ0v) is 15.6. The highest BCUT2D eigenvalue weighted by atomic mass is 35.5. The highest BCUT2D eigenvalue weighted by Crippen LogP contribution is 2.28. The van der Waals surface area contributed by atoms with Crippen molar-refractivity contribution in [3.8, 4) is 17.1 Å². The van der Waals surface area contributed by atoms with Gasteiger partial charge in [-0.05, 0) is 31.2 Å². The van der Waals surface area contributed by atoms with Gasteiger partial charge in [0.05, 0.1) is 29.7 Å². The molecule has 1 aromatic carbocycles. The second-order valence-corrected chi connectivity index (χ2v) is 6.60. The number of nitrogens with zero attached hydrogens (tertiary/aromatic N) is 3. The maximum absolute atomic E-state index is 12.1. The average Bonchev–Trinajstić information content (AvgIpc) is 3.18. The molecular weight excluding hydrogens is 378 g/mol. The number of hydrogen-bond donors (Lipinski definition) is 2. The summed E-state index contributed by atoms with van der Waals surface area (Å²) in [7, 11) is 1.53. The number of ether oxygens (including phenoxy) is 1. The number of anilines is 1. The van der Waals surface area contributed by atoms with Gasteiger partial charge in [-0.2, -0.15) is 0 Å². The molecule has 0 radical (unpaired) electrons. The molecular formula is C16H16ClN5O3S. The molecule has 2 aromatic heterocycles. The summed E-state index contributed by atoms with van der Waals surface area (Å²) in [5, 5.41) is 11.7. The number of rotatable bonds is 6. The molecule has 8 nitrogen and oxygen atoms in total. The first-order valence-corrected chi connectivity index (χ1v) is 8.87. The number of carbonyl (C=O) groups is 1. The van der Waals surface area contributed by atoms with Crippen LogP contribution in [0.25, 0.3) is 11.4 Å². The number of aromatic nitrogens is 3. The first kappa shape index (κ1) is 18.2. The monoisotopic (exact) mass is 393 g/mol. The molecule has 0 bridgehead atoms. The van der Waals surface area contributed by atoms with Crippen LogP contribution in [0, 0.1) is 6.92 Å². The summed E-state index contributed by atoms with van der Waals surface area (Å²) < 4.78 is 11.7. The molecule has 136 valence electrons. The molecule has 0 fully saturated rings. The summed E-state index contributed by atoms with van der Waals surface area (Å²) in [4.78, 5) is 12.1. The van der Waals surface area contributed by atoms with E-state index in [1.54, 1.807) is 30.5 Å². The van der Waals surface area contributed by atoms with Crippen molar-refractivity contribution in [2.45, 2.75) is 12.1 Å². The van der Waals surface area contributed by atoms with E-state index in [0.29, 0.717) is 33.2 Å². The molecule has 0 saturated carbocycles. The second-order valence-electron chi connectivity index (χ2n) is 5.25. The van der Waals surface area contributed by atoms with Crippen molar-refractivity contribution < 1.29 is 13.9 Å². The fourth-order valence-corrected chi connectivity index (χ4v) is 3.16. The second kappa shape index (κ2) is 7.71. The molecule has 0 spiro atoms. The molecule has 0 aliphatic rings. The molecule has 0 aliphatic heterocycles. The van der Waals surface area contributed by atoms with Crippen LogP contribution < -0.4 is 15.9 Å². The van der Waals surface area contributed by atoms with Gasteiger partial charge in [-0.15, -0.1) is 10.2 Å². The van der Waals surface area contributed by atoms with E-state index in [4.69, 9.17) is 26.6 Å². The lowest BCUT2D eigenvalue weighted by molar-refractivity contribution is -0.113. The maximum Gasteiger partial charge on any atom is 0.234 e. The topological polar surface area (TPSA) is 108 Å². The van der Waals surface area contributed by atoms with Crippen molar-refractivity contribution in [3.05, 3.63) is 41.3 Å². The Hall–Kier alpha value is -2.65. The van der Waals surface area contributed by atoms with Gasteiger partial charge in [0, 0.05) is 5.69 Å². The maximum atomic E-state index is 12.1. The molecule has 26 heavy (non-hydrogen) atoms. The predicted molar refractivity (Wildman–Crippen MR) is 100.0 cm³/mol. The first-order valence-electron chi connectivity index (χ1n) is 7.50. The number of hydrogen-bond acceptors (Lipinski definition) is 7. The molecule has 0 saturated heterocycles. The largest absolute Gasteiger partial charge is 0.495 e. The minimum absolute atomic E-state index is 0.114. The van der Waals surface area contributed by atoms with Crippen LogP contribution in [0.5, 0.6) is 5.75 Å². The van der Waals surface area contributed by atoms with Crippen LogP contribution in [0.4, 0.5) is 5.69 Å². The van der Waals surface area contributed by atoms with Crippen molar-refractivity contribution in [1.29, 1.82) is 0 Å². The van der Waals surface area contributed by atoms with Crippen LogP contribution in [0.2, 0.25) is 5.02 Å². The van der Waals surface area contributed by atoms with Crippen molar-refractivity contribution in [3.63, 3.8) is 0 Å². The van der Waals surface area contributed by atoms with Gasteiger partial charge in [-0.3, -0.25) is 4.79 Å². The summed E-state index contributed by atoms with van der Waals surface area (Å²) in [5.41, 5.74) is 1.33. The van der Waals surface area contributed by atoms with Crippen LogP contribution in [-0.2, 0) is 4.79 Å². The van der Waals surface area contributed by atoms with Gasteiger partial charge in [-0.25, -0.2) is 4.68 Å². The van der Waals surface area contributed by atoms with Crippen LogP contribution in [0.1, 0.15) is 5.76 Å². The molecule has 10 heteroatoms. The van der Waals surface area contributed by atoms with Crippen molar-refractivity contribution in [2.24, 2.45) is 0 Å². The predicted octanol–water partition coefficient (Wildman–Crippen LogP) is 2.95. The lowest BCUT2D eigenvalue weighted by atomic mass is 10.2. The zero-order chi connectivity index (χ0) is 18.7. The molecule has 2 heterocycles. The highest BCUT2D eigenvalue weighted by Gasteiger charge is 2.16. The number of methoxy groups -OCH3 is 1. The third kappa shape index (κ3) is 3.78. The number of nitrogens with one attached hydrogen (secondary N) is 1. The lowest BCUT2D eigenvalue weighted by Crippen LogP contribution is -2.16. The van der Waals surface area contributed by atoms with Crippen molar-refractivity contribution in [2.75, 3.05) is 24.0 Å². The summed E-state index contributed by atoms with van der Waals surface area (Å²) >= 11 is 7.22. The Bertz CT molecular complexity index is 940.